The number of fused-ring (bicyclic) bond motifs is 2. The fourth-order valence-corrected chi connectivity index (χ4v) is 5.26. The number of amides is 2. The highest BCUT2D eigenvalue weighted by molar-refractivity contribution is 6.01. The van der Waals surface area contributed by atoms with E-state index in [1.54, 1.807) is 6.92 Å². The van der Waals surface area contributed by atoms with Gasteiger partial charge in [-0.2, -0.15) is 0 Å². The van der Waals surface area contributed by atoms with Crippen LogP contribution >= 0.6 is 0 Å². The molecule has 0 spiro atoms. The van der Waals surface area contributed by atoms with Crippen molar-refractivity contribution in [3.63, 3.8) is 0 Å². The van der Waals surface area contributed by atoms with Crippen molar-refractivity contribution >= 4 is 28.7 Å². The number of hydrogen-bond donors (Lipinski definition) is 1. The van der Waals surface area contributed by atoms with E-state index < -0.39 is 0 Å². The number of hydrogen-bond acceptors (Lipinski definition) is 4. The van der Waals surface area contributed by atoms with E-state index in [-0.39, 0.29) is 36.2 Å². The molecule has 1 unspecified atom stereocenters. The van der Waals surface area contributed by atoms with Crippen molar-refractivity contribution in [2.45, 2.75) is 32.2 Å². The Morgan fingerprint density at radius 2 is 1.76 bits per heavy atom. The molecular weight excluding hydrogens is 430 g/mol. The van der Waals surface area contributed by atoms with Crippen molar-refractivity contribution in [3.8, 4) is 0 Å². The molecule has 2 aromatic carbocycles. The molecule has 2 aliphatic rings. The van der Waals surface area contributed by atoms with Crippen LogP contribution in [0.2, 0.25) is 0 Å². The average molecular weight is 460 g/mol. The fourth-order valence-electron chi connectivity index (χ4n) is 5.26. The zero-order valence-corrected chi connectivity index (χ0v) is 19.3. The van der Waals surface area contributed by atoms with E-state index in [1.807, 2.05) is 58.5 Å². The van der Waals surface area contributed by atoms with Crippen LogP contribution in [0.5, 0.6) is 0 Å². The molecule has 0 radical (unpaired) electrons. The number of nitrogens with one attached hydrogen (secondary N) is 1. The monoisotopic (exact) mass is 459 g/mol. The SMILES string of the molecule is CCOC(=O)C1CCN(C(=O)CCN2C(=O)c3ccccc3C2c2c[nH]c3ccccc23)CC1. The zero-order valence-electron chi connectivity index (χ0n) is 19.3. The molecule has 2 amide bonds. The number of carbonyl (C=O) groups is 3. The number of aromatic nitrogens is 1. The number of rotatable bonds is 6. The van der Waals surface area contributed by atoms with Gasteiger partial charge in [0.05, 0.1) is 18.6 Å². The lowest BCUT2D eigenvalue weighted by Crippen LogP contribution is -2.42. The molecule has 1 aromatic heterocycles. The van der Waals surface area contributed by atoms with Crippen LogP contribution in [0.4, 0.5) is 0 Å². The molecule has 1 atom stereocenters. The normalized spacial score (nSPS) is 18.4. The van der Waals surface area contributed by atoms with Gasteiger partial charge in [-0.3, -0.25) is 14.4 Å². The maximum absolute atomic E-state index is 13.3. The van der Waals surface area contributed by atoms with Crippen LogP contribution in [0.3, 0.4) is 0 Å². The number of para-hydroxylation sites is 1. The van der Waals surface area contributed by atoms with Crippen molar-refractivity contribution in [1.82, 2.24) is 14.8 Å². The minimum Gasteiger partial charge on any atom is -0.466 e. The van der Waals surface area contributed by atoms with E-state index in [9.17, 15) is 14.4 Å². The molecule has 176 valence electrons. The third-order valence-corrected chi connectivity index (χ3v) is 7.01. The van der Waals surface area contributed by atoms with Crippen LogP contribution in [0.25, 0.3) is 10.9 Å². The predicted molar refractivity (Wildman–Crippen MR) is 128 cm³/mol. The van der Waals surface area contributed by atoms with E-state index >= 15 is 0 Å². The van der Waals surface area contributed by atoms with Gasteiger partial charge in [0.15, 0.2) is 0 Å². The van der Waals surface area contributed by atoms with Gasteiger partial charge in [-0.15, -0.1) is 0 Å². The summed E-state index contributed by atoms with van der Waals surface area (Å²) in [7, 11) is 0. The molecule has 1 saturated heterocycles. The Bertz CT molecular complexity index is 1230. The number of benzene rings is 2. The summed E-state index contributed by atoms with van der Waals surface area (Å²) in [5.41, 5.74) is 3.73. The Balaban J connectivity index is 1.31. The molecule has 1 N–H and O–H groups in total. The third kappa shape index (κ3) is 3.95. The maximum atomic E-state index is 13.3. The number of ether oxygens (including phenoxy) is 1. The minimum atomic E-state index is -0.234. The summed E-state index contributed by atoms with van der Waals surface area (Å²) in [6.45, 7) is 3.61. The summed E-state index contributed by atoms with van der Waals surface area (Å²) < 4.78 is 5.12. The maximum Gasteiger partial charge on any atom is 0.309 e. The number of likely N-dealkylation sites (tertiary alicyclic amines) is 1. The van der Waals surface area contributed by atoms with E-state index in [0.717, 1.165) is 22.0 Å². The lowest BCUT2D eigenvalue weighted by molar-refractivity contribution is -0.151. The first-order chi connectivity index (χ1) is 16.6. The van der Waals surface area contributed by atoms with Gasteiger partial charge in [-0.1, -0.05) is 36.4 Å². The number of piperidine rings is 1. The van der Waals surface area contributed by atoms with Crippen LogP contribution in [-0.2, 0) is 14.3 Å². The van der Waals surface area contributed by atoms with Crippen LogP contribution < -0.4 is 0 Å². The van der Waals surface area contributed by atoms with Crippen LogP contribution in [0.15, 0.2) is 54.7 Å². The molecule has 0 aliphatic carbocycles. The molecular formula is C27H29N3O4. The first-order valence-corrected chi connectivity index (χ1v) is 12.0. The lowest BCUT2D eigenvalue weighted by Gasteiger charge is -2.32. The molecule has 7 nitrogen and oxygen atoms in total. The Morgan fingerprint density at radius 3 is 2.56 bits per heavy atom. The Hall–Kier alpha value is -3.61. The fraction of sp³-hybridized carbons (Fsp3) is 0.370. The number of esters is 1. The largest absolute Gasteiger partial charge is 0.466 e. The van der Waals surface area contributed by atoms with Crippen molar-refractivity contribution in [1.29, 1.82) is 0 Å². The van der Waals surface area contributed by atoms with Crippen LogP contribution in [0, 0.1) is 5.92 Å². The molecule has 3 aromatic rings. The van der Waals surface area contributed by atoms with Crippen molar-refractivity contribution in [2.24, 2.45) is 5.92 Å². The number of nitrogens with zero attached hydrogens (tertiary/aromatic N) is 2. The quantitative estimate of drug-likeness (QED) is 0.567. The number of aromatic amines is 1. The first kappa shape index (κ1) is 22.2. The second-order valence-electron chi connectivity index (χ2n) is 8.94. The lowest BCUT2D eigenvalue weighted by atomic mass is 9.96. The van der Waals surface area contributed by atoms with Crippen LogP contribution in [-0.4, -0.2) is 58.8 Å². The van der Waals surface area contributed by atoms with E-state index in [0.29, 0.717) is 44.6 Å². The molecule has 34 heavy (non-hydrogen) atoms. The Kier molecular flexibility index (Phi) is 6.09. The third-order valence-electron chi connectivity index (χ3n) is 7.01. The standard InChI is InChI=1S/C27H29N3O4/c1-2-34-27(33)18-11-14-29(15-12-18)24(31)13-16-30-25(20-8-3-4-9-21(20)26(30)32)22-17-28-23-10-6-5-7-19(22)23/h3-10,17-18,25,28H,2,11-16H2,1H3. The summed E-state index contributed by atoms with van der Waals surface area (Å²) in [4.78, 5) is 45.3. The van der Waals surface area contributed by atoms with Crippen molar-refractivity contribution in [3.05, 3.63) is 71.4 Å². The minimum absolute atomic E-state index is 0.0174. The van der Waals surface area contributed by atoms with Gasteiger partial charge >= 0.3 is 5.97 Å². The van der Waals surface area contributed by atoms with E-state index in [2.05, 4.69) is 11.1 Å². The first-order valence-electron chi connectivity index (χ1n) is 12.0. The number of H-pyrrole nitrogens is 1. The Morgan fingerprint density at radius 1 is 1.03 bits per heavy atom. The average Bonchev–Trinajstić information content (AvgIpc) is 3.41. The summed E-state index contributed by atoms with van der Waals surface area (Å²) in [5.74, 6) is -0.329. The number of carbonyl (C=O) groups excluding carboxylic acids is 3. The van der Waals surface area contributed by atoms with Gasteiger partial charge in [-0.25, -0.2) is 0 Å². The van der Waals surface area contributed by atoms with Gasteiger partial charge in [0.2, 0.25) is 5.91 Å². The van der Waals surface area contributed by atoms with Crippen LogP contribution in [0.1, 0.15) is 53.7 Å². The summed E-state index contributed by atoms with van der Waals surface area (Å²) >= 11 is 0. The second-order valence-corrected chi connectivity index (χ2v) is 8.94. The molecule has 0 bridgehead atoms. The smallest absolute Gasteiger partial charge is 0.309 e. The van der Waals surface area contributed by atoms with Gasteiger partial charge in [0.1, 0.15) is 0 Å². The molecule has 3 heterocycles. The topological polar surface area (TPSA) is 82.7 Å². The van der Waals surface area contributed by atoms with Gasteiger partial charge in [-0.05, 0) is 37.5 Å². The Labute approximate surface area is 198 Å². The molecule has 1 fully saturated rings. The molecule has 0 saturated carbocycles. The zero-order chi connectivity index (χ0) is 23.7. The predicted octanol–water partition coefficient (Wildman–Crippen LogP) is 3.90. The molecule has 2 aliphatic heterocycles. The van der Waals surface area contributed by atoms with Gasteiger partial charge in [0.25, 0.3) is 5.91 Å². The van der Waals surface area contributed by atoms with Gasteiger partial charge in [0, 0.05) is 54.3 Å². The second kappa shape index (κ2) is 9.33. The highest BCUT2D eigenvalue weighted by Crippen LogP contribution is 2.41. The highest BCUT2D eigenvalue weighted by atomic mass is 16.5. The van der Waals surface area contributed by atoms with E-state index in [1.165, 1.54) is 0 Å². The molecule has 7 heteroatoms. The summed E-state index contributed by atoms with van der Waals surface area (Å²) in [6.07, 6.45) is 3.47. The molecule has 5 rings (SSSR count). The van der Waals surface area contributed by atoms with Crippen molar-refractivity contribution in [2.75, 3.05) is 26.2 Å². The summed E-state index contributed by atoms with van der Waals surface area (Å²) in [5, 5.41) is 1.08. The van der Waals surface area contributed by atoms with Gasteiger partial charge < -0.3 is 19.5 Å². The van der Waals surface area contributed by atoms with Crippen molar-refractivity contribution < 1.29 is 19.1 Å². The highest BCUT2D eigenvalue weighted by Gasteiger charge is 2.39. The van der Waals surface area contributed by atoms with E-state index in [4.69, 9.17) is 4.74 Å². The summed E-state index contributed by atoms with van der Waals surface area (Å²) in [6, 6.07) is 15.5.